The van der Waals surface area contributed by atoms with Gasteiger partial charge in [0.25, 0.3) is 0 Å². The summed E-state index contributed by atoms with van der Waals surface area (Å²) in [4.78, 5) is 13.4. The van der Waals surface area contributed by atoms with Gasteiger partial charge in [-0.3, -0.25) is 0 Å². The molecule has 162 valence electrons. The minimum absolute atomic E-state index is 0.260. The summed E-state index contributed by atoms with van der Waals surface area (Å²) < 4.78 is 14.8. The maximum Gasteiger partial charge on any atom is 0.419 e. The van der Waals surface area contributed by atoms with Gasteiger partial charge in [-0.1, -0.05) is 46.3 Å². The third-order valence-electron chi connectivity index (χ3n) is 5.98. The van der Waals surface area contributed by atoms with E-state index in [9.17, 15) is 4.79 Å². The summed E-state index contributed by atoms with van der Waals surface area (Å²) in [7, 11) is 0. The smallest absolute Gasteiger partial charge is 0.419 e. The zero-order valence-corrected chi connectivity index (χ0v) is 19.7. The Labute approximate surface area is 190 Å². The minimum atomic E-state index is -0.577. The SMILES string of the molecule is CC(C)(C)OC(=O)n1c2c(c3cc(Br)cc(OCc4ccccc4)c31)C1CCC(C2)N1. The molecule has 0 saturated carbocycles. The first-order valence-electron chi connectivity index (χ1n) is 10.8. The average molecular weight is 483 g/mol. The van der Waals surface area contributed by atoms with Gasteiger partial charge in [0.1, 0.15) is 23.5 Å². The molecule has 6 heteroatoms. The average Bonchev–Trinajstić information content (AvgIpc) is 3.24. The fourth-order valence-corrected chi connectivity index (χ4v) is 5.24. The molecule has 0 spiro atoms. The summed E-state index contributed by atoms with van der Waals surface area (Å²) >= 11 is 3.66. The monoisotopic (exact) mass is 482 g/mol. The zero-order chi connectivity index (χ0) is 21.8. The molecule has 5 nitrogen and oxygen atoms in total. The van der Waals surface area contributed by atoms with E-state index in [1.807, 2.05) is 57.2 Å². The van der Waals surface area contributed by atoms with E-state index in [1.54, 1.807) is 4.57 Å². The lowest BCUT2D eigenvalue weighted by atomic mass is 9.99. The number of rotatable bonds is 3. The topological polar surface area (TPSA) is 52.5 Å². The van der Waals surface area contributed by atoms with Crippen molar-refractivity contribution in [2.45, 2.75) is 64.3 Å². The van der Waals surface area contributed by atoms with Crippen molar-refractivity contribution in [3.05, 3.63) is 63.8 Å². The minimum Gasteiger partial charge on any atom is -0.487 e. The van der Waals surface area contributed by atoms with Crippen molar-refractivity contribution in [2.75, 3.05) is 0 Å². The highest BCUT2D eigenvalue weighted by atomic mass is 79.9. The summed E-state index contributed by atoms with van der Waals surface area (Å²) in [5, 5.41) is 4.77. The quantitative estimate of drug-likeness (QED) is 0.488. The number of hydrogen-bond donors (Lipinski definition) is 1. The second kappa shape index (κ2) is 7.68. The molecule has 3 aromatic rings. The van der Waals surface area contributed by atoms with Crippen LogP contribution in [0.3, 0.4) is 0 Å². The summed E-state index contributed by atoms with van der Waals surface area (Å²) in [6.07, 6.45) is 2.68. The van der Waals surface area contributed by atoms with Crippen LogP contribution in [0.1, 0.15) is 56.5 Å². The predicted molar refractivity (Wildman–Crippen MR) is 125 cm³/mol. The van der Waals surface area contributed by atoms with Gasteiger partial charge in [-0.2, -0.15) is 0 Å². The lowest BCUT2D eigenvalue weighted by molar-refractivity contribution is 0.0538. The van der Waals surface area contributed by atoms with Crippen molar-refractivity contribution >= 4 is 32.9 Å². The number of halogens is 1. The maximum atomic E-state index is 13.4. The van der Waals surface area contributed by atoms with Crippen LogP contribution in [0.4, 0.5) is 4.79 Å². The molecule has 3 heterocycles. The number of carbonyl (C=O) groups excluding carboxylic acids is 1. The van der Waals surface area contributed by atoms with Crippen LogP contribution in [0.2, 0.25) is 0 Å². The molecular formula is C25H27BrN2O3. The fourth-order valence-electron chi connectivity index (χ4n) is 4.81. The number of carbonyl (C=O) groups is 1. The molecule has 2 bridgehead atoms. The van der Waals surface area contributed by atoms with E-state index < -0.39 is 5.60 Å². The van der Waals surface area contributed by atoms with Crippen LogP contribution < -0.4 is 10.1 Å². The van der Waals surface area contributed by atoms with Gasteiger partial charge in [-0.05, 0) is 56.9 Å². The molecule has 31 heavy (non-hydrogen) atoms. The van der Waals surface area contributed by atoms with E-state index in [2.05, 4.69) is 27.3 Å². The van der Waals surface area contributed by atoms with Crippen LogP contribution in [-0.2, 0) is 17.8 Å². The van der Waals surface area contributed by atoms with Crippen LogP contribution in [0.25, 0.3) is 10.9 Å². The molecule has 2 atom stereocenters. The Hall–Kier alpha value is -2.31. The number of hydrogen-bond acceptors (Lipinski definition) is 4. The molecule has 1 fully saturated rings. The normalized spacial score (nSPS) is 20.0. The summed E-state index contributed by atoms with van der Waals surface area (Å²) in [5.41, 5.74) is 3.57. The highest BCUT2D eigenvalue weighted by Gasteiger charge is 2.39. The van der Waals surface area contributed by atoms with Crippen LogP contribution >= 0.6 is 15.9 Å². The molecule has 0 amide bonds. The molecule has 1 N–H and O–H groups in total. The third-order valence-corrected chi connectivity index (χ3v) is 6.43. The molecule has 2 aromatic carbocycles. The van der Waals surface area contributed by atoms with Crippen LogP contribution in [0, 0.1) is 0 Å². The number of nitrogens with zero attached hydrogens (tertiary/aromatic N) is 1. The van der Waals surface area contributed by atoms with Gasteiger partial charge in [-0.25, -0.2) is 9.36 Å². The molecule has 5 rings (SSSR count). The van der Waals surface area contributed by atoms with Crippen molar-refractivity contribution in [3.8, 4) is 5.75 Å². The lowest BCUT2D eigenvalue weighted by Crippen LogP contribution is -2.34. The molecule has 2 unspecified atom stereocenters. The van der Waals surface area contributed by atoms with E-state index in [0.29, 0.717) is 18.4 Å². The van der Waals surface area contributed by atoms with Crippen LogP contribution in [-0.4, -0.2) is 22.3 Å². The number of benzene rings is 2. The molecule has 1 aromatic heterocycles. The van der Waals surface area contributed by atoms with Crippen molar-refractivity contribution in [1.82, 2.24) is 9.88 Å². The number of fused-ring (bicyclic) bond motifs is 6. The zero-order valence-electron chi connectivity index (χ0n) is 18.1. The second-order valence-electron chi connectivity index (χ2n) is 9.45. The Balaban J connectivity index is 1.67. The van der Waals surface area contributed by atoms with Crippen molar-refractivity contribution in [2.24, 2.45) is 0 Å². The highest BCUT2D eigenvalue weighted by Crippen LogP contribution is 2.45. The molecule has 0 aliphatic carbocycles. The van der Waals surface area contributed by atoms with Crippen molar-refractivity contribution in [3.63, 3.8) is 0 Å². The molecule has 2 aliphatic heterocycles. The Morgan fingerprint density at radius 3 is 2.71 bits per heavy atom. The van der Waals surface area contributed by atoms with Gasteiger partial charge < -0.3 is 14.8 Å². The summed E-state index contributed by atoms with van der Waals surface area (Å²) in [5.74, 6) is 0.685. The molecular weight excluding hydrogens is 456 g/mol. The first-order chi connectivity index (χ1) is 14.8. The van der Waals surface area contributed by atoms with E-state index in [0.717, 1.165) is 45.9 Å². The second-order valence-corrected chi connectivity index (χ2v) is 10.4. The van der Waals surface area contributed by atoms with E-state index in [4.69, 9.17) is 9.47 Å². The number of nitrogens with one attached hydrogen (secondary N) is 1. The predicted octanol–water partition coefficient (Wildman–Crippen LogP) is 6.12. The Morgan fingerprint density at radius 1 is 1.19 bits per heavy atom. The Bertz CT molecular complexity index is 1150. The van der Waals surface area contributed by atoms with E-state index in [-0.39, 0.29) is 12.1 Å². The van der Waals surface area contributed by atoms with Crippen LogP contribution in [0.15, 0.2) is 46.9 Å². The first-order valence-corrected chi connectivity index (χ1v) is 11.6. The van der Waals surface area contributed by atoms with Gasteiger partial charge in [0.15, 0.2) is 0 Å². The largest absolute Gasteiger partial charge is 0.487 e. The molecule has 1 saturated heterocycles. The van der Waals surface area contributed by atoms with Crippen molar-refractivity contribution in [1.29, 1.82) is 0 Å². The van der Waals surface area contributed by atoms with Gasteiger partial charge in [0.05, 0.1) is 0 Å². The standard InChI is InChI=1S/C25H27BrN2O3/c1-25(2,3)31-24(29)28-20-13-17-9-10-19(27-17)22(20)18-11-16(26)12-21(23(18)28)30-14-15-7-5-4-6-8-15/h4-8,11-12,17,19,27H,9-10,13-14H2,1-3H3. The third kappa shape index (κ3) is 3.87. The first kappa shape index (κ1) is 20.6. The highest BCUT2D eigenvalue weighted by molar-refractivity contribution is 9.10. The Morgan fingerprint density at radius 2 is 1.97 bits per heavy atom. The summed E-state index contributed by atoms with van der Waals surface area (Å²) in [6, 6.07) is 14.8. The van der Waals surface area contributed by atoms with Gasteiger partial charge >= 0.3 is 6.09 Å². The van der Waals surface area contributed by atoms with Crippen LogP contribution in [0.5, 0.6) is 5.75 Å². The lowest BCUT2D eigenvalue weighted by Gasteiger charge is -2.25. The molecule has 0 radical (unpaired) electrons. The van der Waals surface area contributed by atoms with E-state index >= 15 is 0 Å². The maximum absolute atomic E-state index is 13.4. The van der Waals surface area contributed by atoms with E-state index in [1.165, 1.54) is 5.56 Å². The number of aromatic nitrogens is 1. The van der Waals surface area contributed by atoms with Crippen molar-refractivity contribution < 1.29 is 14.3 Å². The van der Waals surface area contributed by atoms with Gasteiger partial charge in [0.2, 0.25) is 0 Å². The van der Waals surface area contributed by atoms with Gasteiger partial charge in [-0.15, -0.1) is 0 Å². The summed E-state index contributed by atoms with van der Waals surface area (Å²) in [6.45, 7) is 6.13. The van der Waals surface area contributed by atoms with Gasteiger partial charge in [0, 0.05) is 34.1 Å². The molecule has 2 aliphatic rings. The fraction of sp³-hybridized carbons (Fsp3) is 0.400. The number of ether oxygens (including phenoxy) is 2. The Kier molecular flexibility index (Phi) is 5.10.